The molecular weight excluding hydrogens is 414 g/mol. The zero-order valence-corrected chi connectivity index (χ0v) is 18.5. The van der Waals surface area contributed by atoms with Crippen LogP contribution in [0.3, 0.4) is 0 Å². The van der Waals surface area contributed by atoms with Crippen molar-refractivity contribution < 1.29 is 18.0 Å². The first kappa shape index (κ1) is 23.0. The Balaban J connectivity index is 1.76. The number of nitrogens with zero attached hydrogens (tertiary/aromatic N) is 1. The molecule has 0 radical (unpaired) electrons. The van der Waals surface area contributed by atoms with Crippen molar-refractivity contribution in [1.82, 2.24) is 9.62 Å². The summed E-state index contributed by atoms with van der Waals surface area (Å²) in [6, 6.07) is 14.2. The first-order valence-electron chi connectivity index (χ1n) is 10.5. The van der Waals surface area contributed by atoms with Crippen molar-refractivity contribution in [2.45, 2.75) is 55.5 Å². The molecule has 0 aliphatic heterocycles. The van der Waals surface area contributed by atoms with E-state index in [2.05, 4.69) is 5.32 Å². The average molecular weight is 444 g/mol. The van der Waals surface area contributed by atoms with Crippen molar-refractivity contribution in [3.05, 3.63) is 65.7 Å². The van der Waals surface area contributed by atoms with E-state index < -0.39 is 27.9 Å². The van der Waals surface area contributed by atoms with Crippen LogP contribution in [0.4, 0.5) is 0 Å². The van der Waals surface area contributed by atoms with Gasteiger partial charge in [0.25, 0.3) is 5.91 Å². The fourth-order valence-corrected chi connectivity index (χ4v) is 5.38. The highest BCUT2D eigenvalue weighted by Gasteiger charge is 2.29. The molecule has 0 heterocycles. The summed E-state index contributed by atoms with van der Waals surface area (Å²) in [6.45, 7) is 0. The lowest BCUT2D eigenvalue weighted by molar-refractivity contribution is -0.119. The number of benzene rings is 2. The third-order valence-corrected chi connectivity index (χ3v) is 7.70. The van der Waals surface area contributed by atoms with Gasteiger partial charge >= 0.3 is 0 Å². The summed E-state index contributed by atoms with van der Waals surface area (Å²) in [5.74, 6) is -1.20. The van der Waals surface area contributed by atoms with E-state index in [9.17, 15) is 18.0 Å². The number of hydrogen-bond donors (Lipinski definition) is 2. The van der Waals surface area contributed by atoms with E-state index in [4.69, 9.17) is 5.73 Å². The van der Waals surface area contributed by atoms with Crippen LogP contribution in [-0.2, 0) is 21.2 Å². The molecule has 166 valence electrons. The standard InChI is InChI=1S/C23H29N3O4S/c1-26(19-12-6-3-7-13-19)31(29,30)20-14-8-11-18(16-20)23(28)25-21(22(24)27)15-17-9-4-2-5-10-17/h2,4-5,8-11,14,16,19,21H,3,6-7,12-13,15H2,1H3,(H2,24,27)(H,25,28). The topological polar surface area (TPSA) is 110 Å². The Morgan fingerprint density at radius 3 is 2.39 bits per heavy atom. The van der Waals surface area contributed by atoms with Gasteiger partial charge in [0.2, 0.25) is 15.9 Å². The molecule has 1 aliphatic carbocycles. The summed E-state index contributed by atoms with van der Waals surface area (Å²) >= 11 is 0. The van der Waals surface area contributed by atoms with Crippen molar-refractivity contribution >= 4 is 21.8 Å². The number of rotatable bonds is 8. The molecule has 31 heavy (non-hydrogen) atoms. The monoisotopic (exact) mass is 443 g/mol. The minimum absolute atomic E-state index is 0.0265. The summed E-state index contributed by atoms with van der Waals surface area (Å²) in [7, 11) is -2.13. The van der Waals surface area contributed by atoms with Gasteiger partial charge in [-0.3, -0.25) is 9.59 Å². The molecule has 2 aromatic rings. The van der Waals surface area contributed by atoms with Gasteiger partial charge in [0, 0.05) is 25.1 Å². The van der Waals surface area contributed by atoms with E-state index in [1.165, 1.54) is 28.6 Å². The molecule has 2 aromatic carbocycles. The number of amides is 2. The summed E-state index contributed by atoms with van der Waals surface area (Å²) in [4.78, 5) is 24.7. The second-order valence-electron chi connectivity index (χ2n) is 7.96. The van der Waals surface area contributed by atoms with Crippen molar-refractivity contribution in [3.63, 3.8) is 0 Å². The second kappa shape index (κ2) is 10.1. The predicted octanol–water partition coefficient (Wildman–Crippen LogP) is 2.47. The molecule has 0 spiro atoms. The molecule has 1 fully saturated rings. The van der Waals surface area contributed by atoms with Gasteiger partial charge in [-0.1, -0.05) is 55.7 Å². The maximum atomic E-state index is 13.1. The molecule has 0 saturated heterocycles. The highest BCUT2D eigenvalue weighted by molar-refractivity contribution is 7.89. The van der Waals surface area contributed by atoms with Gasteiger partial charge in [-0.15, -0.1) is 0 Å². The number of hydrogen-bond acceptors (Lipinski definition) is 4. The van der Waals surface area contributed by atoms with Crippen LogP contribution in [-0.4, -0.2) is 43.7 Å². The molecule has 0 aromatic heterocycles. The van der Waals surface area contributed by atoms with Gasteiger partial charge in [0.05, 0.1) is 4.90 Å². The van der Waals surface area contributed by atoms with Crippen molar-refractivity contribution in [2.24, 2.45) is 5.73 Å². The Kier molecular flexibility index (Phi) is 7.46. The van der Waals surface area contributed by atoms with Crippen LogP contribution in [0.2, 0.25) is 0 Å². The Labute approximate surface area is 183 Å². The number of sulfonamides is 1. The average Bonchev–Trinajstić information content (AvgIpc) is 2.79. The predicted molar refractivity (Wildman–Crippen MR) is 119 cm³/mol. The maximum absolute atomic E-state index is 13.1. The van der Waals surface area contributed by atoms with E-state index in [1.54, 1.807) is 7.05 Å². The Morgan fingerprint density at radius 2 is 1.74 bits per heavy atom. The SMILES string of the molecule is CN(C1CCCCC1)S(=O)(=O)c1cccc(C(=O)NC(Cc2ccccc2)C(N)=O)c1. The van der Waals surface area contributed by atoms with Crippen molar-refractivity contribution in [3.8, 4) is 0 Å². The number of carbonyl (C=O) groups excluding carboxylic acids is 2. The third-order valence-electron chi connectivity index (χ3n) is 5.79. The Hall–Kier alpha value is -2.71. The fourth-order valence-electron chi connectivity index (χ4n) is 3.92. The van der Waals surface area contributed by atoms with E-state index >= 15 is 0 Å². The largest absolute Gasteiger partial charge is 0.368 e. The molecular formula is C23H29N3O4S. The summed E-state index contributed by atoms with van der Waals surface area (Å²) in [6.07, 6.45) is 5.10. The second-order valence-corrected chi connectivity index (χ2v) is 9.96. The zero-order chi connectivity index (χ0) is 22.4. The van der Waals surface area contributed by atoms with Crippen LogP contribution in [0.25, 0.3) is 0 Å². The van der Waals surface area contributed by atoms with Crippen LogP contribution in [0.1, 0.15) is 48.0 Å². The molecule has 1 atom stereocenters. The van der Waals surface area contributed by atoms with E-state index in [-0.39, 0.29) is 22.9 Å². The molecule has 1 aliphatic rings. The highest BCUT2D eigenvalue weighted by Crippen LogP contribution is 2.26. The molecule has 1 unspecified atom stereocenters. The van der Waals surface area contributed by atoms with Crippen LogP contribution < -0.4 is 11.1 Å². The van der Waals surface area contributed by atoms with Gasteiger partial charge in [0.1, 0.15) is 6.04 Å². The summed E-state index contributed by atoms with van der Waals surface area (Å²) in [5, 5.41) is 2.63. The van der Waals surface area contributed by atoms with Crippen LogP contribution in [0, 0.1) is 0 Å². The highest BCUT2D eigenvalue weighted by atomic mass is 32.2. The molecule has 7 nitrogen and oxygen atoms in total. The molecule has 2 amide bonds. The smallest absolute Gasteiger partial charge is 0.251 e. The number of nitrogens with two attached hydrogens (primary N) is 1. The lowest BCUT2D eigenvalue weighted by atomic mass is 9.96. The van der Waals surface area contributed by atoms with Crippen LogP contribution >= 0.6 is 0 Å². The quantitative estimate of drug-likeness (QED) is 0.653. The number of nitrogens with one attached hydrogen (secondary N) is 1. The van der Waals surface area contributed by atoms with Crippen molar-refractivity contribution in [1.29, 1.82) is 0 Å². The third kappa shape index (κ3) is 5.71. The molecule has 3 N–H and O–H groups in total. The van der Waals surface area contributed by atoms with E-state index in [1.807, 2.05) is 30.3 Å². The van der Waals surface area contributed by atoms with Gasteiger partial charge in [-0.2, -0.15) is 4.31 Å². The minimum Gasteiger partial charge on any atom is -0.368 e. The first-order valence-corrected chi connectivity index (χ1v) is 12.0. The Bertz CT molecular complexity index is 1020. The van der Waals surface area contributed by atoms with Crippen molar-refractivity contribution in [2.75, 3.05) is 7.05 Å². The van der Waals surface area contributed by atoms with Gasteiger partial charge in [-0.05, 0) is 36.6 Å². The van der Waals surface area contributed by atoms with Gasteiger partial charge < -0.3 is 11.1 Å². The lowest BCUT2D eigenvalue weighted by Crippen LogP contribution is -2.45. The molecule has 0 bridgehead atoms. The van der Waals surface area contributed by atoms with Gasteiger partial charge in [0.15, 0.2) is 0 Å². The number of primary amides is 1. The molecule has 8 heteroatoms. The maximum Gasteiger partial charge on any atom is 0.251 e. The normalized spacial score (nSPS) is 16.1. The summed E-state index contributed by atoms with van der Waals surface area (Å²) in [5.41, 5.74) is 6.50. The van der Waals surface area contributed by atoms with Gasteiger partial charge in [-0.25, -0.2) is 8.42 Å². The Morgan fingerprint density at radius 1 is 1.06 bits per heavy atom. The van der Waals surface area contributed by atoms with E-state index in [0.29, 0.717) is 0 Å². The van der Waals surface area contributed by atoms with Crippen LogP contribution in [0.5, 0.6) is 0 Å². The van der Waals surface area contributed by atoms with Crippen LogP contribution in [0.15, 0.2) is 59.5 Å². The molecule has 1 saturated carbocycles. The summed E-state index contributed by atoms with van der Waals surface area (Å²) < 4.78 is 27.6. The lowest BCUT2D eigenvalue weighted by Gasteiger charge is -2.30. The fraction of sp³-hybridized carbons (Fsp3) is 0.391. The first-order chi connectivity index (χ1) is 14.8. The van der Waals surface area contributed by atoms with E-state index in [0.717, 1.165) is 37.7 Å². The zero-order valence-electron chi connectivity index (χ0n) is 17.7. The number of carbonyl (C=O) groups is 2. The minimum atomic E-state index is -3.73. The molecule has 3 rings (SSSR count).